The highest BCUT2D eigenvalue weighted by Gasteiger charge is 2.35. The zero-order valence-electron chi connectivity index (χ0n) is 16.0. The van der Waals surface area contributed by atoms with Crippen molar-refractivity contribution in [3.05, 3.63) is 52.6 Å². The van der Waals surface area contributed by atoms with E-state index in [1.54, 1.807) is 18.2 Å². The van der Waals surface area contributed by atoms with Crippen LogP contribution < -0.4 is 17.2 Å². The number of hydrogen-bond donors (Lipinski definition) is 3. The van der Waals surface area contributed by atoms with Gasteiger partial charge >= 0.3 is 0 Å². The van der Waals surface area contributed by atoms with E-state index >= 15 is 0 Å². The van der Waals surface area contributed by atoms with E-state index in [1.807, 2.05) is 0 Å². The first-order chi connectivity index (χ1) is 13.3. The fourth-order valence-corrected chi connectivity index (χ4v) is 4.71. The standard InChI is InChI=1S/C20H20N2O5S.H3N/c21-18-15(28(25,26)27)10-14(22-11-6-2-1-3-7-11)16-17(18)20(24)13-9-5-4-8-12(13)19(16)23;/h4-5,8-11,22H,1-3,6-7,21H2,(H,25,26,27);1H3. The lowest BCUT2D eigenvalue weighted by molar-refractivity contribution is 0.0980. The van der Waals surface area contributed by atoms with E-state index in [9.17, 15) is 22.6 Å². The molecule has 1 fully saturated rings. The van der Waals surface area contributed by atoms with Crippen molar-refractivity contribution in [1.29, 1.82) is 0 Å². The fourth-order valence-electron chi connectivity index (χ4n) is 4.08. The van der Waals surface area contributed by atoms with Gasteiger partial charge in [-0.25, -0.2) is 8.42 Å². The lowest BCUT2D eigenvalue weighted by atomic mass is 9.82. The third-order valence-corrected chi connectivity index (χ3v) is 6.31. The van der Waals surface area contributed by atoms with Crippen LogP contribution in [0.2, 0.25) is 0 Å². The fraction of sp³-hybridized carbons (Fsp3) is 0.300. The van der Waals surface area contributed by atoms with Crippen molar-refractivity contribution in [2.45, 2.75) is 43.0 Å². The van der Waals surface area contributed by atoms with Gasteiger partial charge in [-0.05, 0) is 18.9 Å². The lowest BCUT2D eigenvalue weighted by Gasteiger charge is -2.29. The number of anilines is 2. The van der Waals surface area contributed by atoms with Crippen molar-refractivity contribution in [3.8, 4) is 0 Å². The summed E-state index contributed by atoms with van der Waals surface area (Å²) in [6.07, 6.45) is 4.85. The van der Waals surface area contributed by atoms with E-state index in [1.165, 1.54) is 6.07 Å². The molecule has 7 N–H and O–H groups in total. The predicted molar refractivity (Wildman–Crippen MR) is 109 cm³/mol. The van der Waals surface area contributed by atoms with E-state index in [0.717, 1.165) is 38.2 Å². The Morgan fingerprint density at radius 3 is 2.07 bits per heavy atom. The minimum Gasteiger partial charge on any atom is -0.744 e. The summed E-state index contributed by atoms with van der Waals surface area (Å²) in [5, 5.41) is 3.20. The average Bonchev–Trinajstić information content (AvgIpc) is 2.67. The number of fused-ring (bicyclic) bond motifs is 2. The van der Waals surface area contributed by atoms with E-state index in [-0.39, 0.29) is 40.1 Å². The molecule has 2 aliphatic rings. The van der Waals surface area contributed by atoms with Gasteiger partial charge in [0.05, 0.1) is 21.7 Å². The van der Waals surface area contributed by atoms with Crippen molar-refractivity contribution >= 4 is 33.1 Å². The van der Waals surface area contributed by atoms with Crippen LogP contribution in [0.4, 0.5) is 11.4 Å². The first kappa shape index (κ1) is 21.0. The van der Waals surface area contributed by atoms with Crippen LogP contribution in [0.25, 0.3) is 0 Å². The molecule has 0 atom stereocenters. The molecule has 0 heterocycles. The number of carbonyl (C=O) groups is 2. The Morgan fingerprint density at radius 2 is 1.52 bits per heavy atom. The second-order valence-electron chi connectivity index (χ2n) is 7.22. The summed E-state index contributed by atoms with van der Waals surface area (Å²) in [4.78, 5) is 25.5. The van der Waals surface area contributed by atoms with Gasteiger partial charge in [0.15, 0.2) is 11.6 Å². The van der Waals surface area contributed by atoms with Crippen LogP contribution in [-0.2, 0) is 10.1 Å². The number of nitrogen functional groups attached to an aromatic ring is 1. The molecule has 0 aromatic heterocycles. The van der Waals surface area contributed by atoms with Gasteiger partial charge in [-0.2, -0.15) is 0 Å². The highest BCUT2D eigenvalue weighted by atomic mass is 32.2. The van der Waals surface area contributed by atoms with E-state index in [4.69, 9.17) is 5.73 Å². The summed E-state index contributed by atoms with van der Waals surface area (Å²) in [6.45, 7) is 0. The summed E-state index contributed by atoms with van der Waals surface area (Å²) >= 11 is 0. The van der Waals surface area contributed by atoms with Crippen molar-refractivity contribution in [2.24, 2.45) is 0 Å². The number of benzene rings is 2. The third kappa shape index (κ3) is 3.52. The second-order valence-corrected chi connectivity index (χ2v) is 8.57. The molecule has 8 nitrogen and oxygen atoms in total. The van der Waals surface area contributed by atoms with E-state index < -0.39 is 32.3 Å². The van der Waals surface area contributed by atoms with Crippen molar-refractivity contribution < 1.29 is 22.6 Å². The zero-order chi connectivity index (χ0) is 20.1. The molecule has 2 aliphatic carbocycles. The number of rotatable bonds is 3. The average molecular weight is 417 g/mol. The maximum absolute atomic E-state index is 13.2. The Labute approximate surface area is 168 Å². The molecule has 4 rings (SSSR count). The van der Waals surface area contributed by atoms with Crippen LogP contribution in [0, 0.1) is 0 Å². The largest absolute Gasteiger partial charge is 0.744 e. The van der Waals surface area contributed by atoms with Gasteiger partial charge in [0, 0.05) is 22.9 Å². The molecule has 1 saturated carbocycles. The highest BCUT2D eigenvalue weighted by Crippen LogP contribution is 2.39. The van der Waals surface area contributed by atoms with Crippen LogP contribution >= 0.6 is 0 Å². The number of quaternary nitrogens is 1. The predicted octanol–water partition coefficient (Wildman–Crippen LogP) is 3.07. The van der Waals surface area contributed by atoms with E-state index in [2.05, 4.69) is 5.32 Å². The van der Waals surface area contributed by atoms with Gasteiger partial charge in [0.1, 0.15) is 10.1 Å². The molecule has 0 saturated heterocycles. The third-order valence-electron chi connectivity index (χ3n) is 5.43. The monoisotopic (exact) mass is 417 g/mol. The summed E-state index contributed by atoms with van der Waals surface area (Å²) in [6, 6.07) is 7.44. The zero-order valence-corrected chi connectivity index (χ0v) is 16.8. The molecule has 154 valence electrons. The normalized spacial score (nSPS) is 16.6. The molecular formula is C20H23N3O5S. The molecule has 0 bridgehead atoms. The number of nitrogens with one attached hydrogen (secondary N) is 1. The smallest absolute Gasteiger partial charge is 0.196 e. The van der Waals surface area contributed by atoms with Gasteiger partial charge in [0.2, 0.25) is 0 Å². The SMILES string of the molecule is Nc1c(S(=O)(=O)[O-])cc(NC2CCCCC2)c2c1C(=O)c1ccccc1C2=O.[NH4+]. The number of ketones is 2. The van der Waals surface area contributed by atoms with Crippen LogP contribution in [0.15, 0.2) is 35.2 Å². The molecule has 9 heteroatoms. The molecule has 2 aromatic rings. The number of nitrogens with two attached hydrogens (primary N) is 1. The van der Waals surface area contributed by atoms with Crippen molar-refractivity contribution in [1.82, 2.24) is 6.15 Å². The van der Waals surface area contributed by atoms with Crippen LogP contribution in [0.1, 0.15) is 63.9 Å². The first-order valence-electron chi connectivity index (χ1n) is 9.16. The maximum atomic E-state index is 13.2. The molecular weight excluding hydrogens is 394 g/mol. The quantitative estimate of drug-likeness (QED) is 0.435. The molecule has 0 aliphatic heterocycles. The highest BCUT2D eigenvalue weighted by molar-refractivity contribution is 7.86. The Kier molecular flexibility index (Phi) is 5.48. The van der Waals surface area contributed by atoms with Crippen molar-refractivity contribution in [3.63, 3.8) is 0 Å². The van der Waals surface area contributed by atoms with Crippen molar-refractivity contribution in [2.75, 3.05) is 11.1 Å². The topological polar surface area (TPSA) is 166 Å². The van der Waals surface area contributed by atoms with Crippen LogP contribution in [0.3, 0.4) is 0 Å². The Hall–Kier alpha value is -2.75. The summed E-state index contributed by atoms with van der Waals surface area (Å²) in [5.41, 5.74) is 5.86. The second kappa shape index (κ2) is 7.58. The minimum absolute atomic E-state index is 0. The Balaban J connectivity index is 0.00000240. The van der Waals surface area contributed by atoms with Gasteiger partial charge < -0.3 is 21.8 Å². The van der Waals surface area contributed by atoms with E-state index in [0.29, 0.717) is 0 Å². The molecule has 0 unspecified atom stereocenters. The summed E-state index contributed by atoms with van der Waals surface area (Å²) < 4.78 is 35.3. The molecule has 2 aromatic carbocycles. The van der Waals surface area contributed by atoms with Crippen LogP contribution in [0.5, 0.6) is 0 Å². The Bertz CT molecular complexity index is 1110. The Morgan fingerprint density at radius 1 is 0.966 bits per heavy atom. The van der Waals surface area contributed by atoms with Gasteiger partial charge in [-0.15, -0.1) is 0 Å². The van der Waals surface area contributed by atoms with Gasteiger partial charge in [-0.3, -0.25) is 9.59 Å². The number of hydrogen-bond acceptors (Lipinski definition) is 7. The van der Waals surface area contributed by atoms with Gasteiger partial charge in [0.25, 0.3) is 0 Å². The van der Waals surface area contributed by atoms with Gasteiger partial charge in [-0.1, -0.05) is 43.5 Å². The summed E-state index contributed by atoms with van der Waals surface area (Å²) in [5.74, 6) is -0.968. The minimum atomic E-state index is -4.93. The molecule has 29 heavy (non-hydrogen) atoms. The molecule has 0 amide bonds. The maximum Gasteiger partial charge on any atom is 0.196 e. The lowest BCUT2D eigenvalue weighted by Crippen LogP contribution is -2.28. The summed E-state index contributed by atoms with van der Waals surface area (Å²) in [7, 11) is -4.93. The number of carbonyl (C=O) groups excluding carboxylic acids is 2. The molecule has 0 spiro atoms. The van der Waals surface area contributed by atoms with Crippen LogP contribution in [-0.4, -0.2) is 30.6 Å². The first-order valence-corrected chi connectivity index (χ1v) is 10.6. The molecule has 0 radical (unpaired) electrons.